The van der Waals surface area contributed by atoms with Crippen LogP contribution >= 0.6 is 0 Å². The summed E-state index contributed by atoms with van der Waals surface area (Å²) >= 11 is 0. The van der Waals surface area contributed by atoms with E-state index in [4.69, 9.17) is 5.11 Å². The number of phenolic OH excluding ortho intramolecular Hbond substituents is 1. The molecule has 0 unspecified atom stereocenters. The number of nitrogens with two attached hydrogens (primary N) is 3. The van der Waals surface area contributed by atoms with Gasteiger partial charge in [-0.15, -0.1) is 0 Å². The zero-order valence-corrected chi connectivity index (χ0v) is 11.1. The summed E-state index contributed by atoms with van der Waals surface area (Å²) in [5, 5.41) is 8.94. The maximum Gasteiger partial charge on any atom is 0.115 e. The molecule has 0 aliphatic heterocycles. The Morgan fingerprint density at radius 3 is 1.38 bits per heavy atom. The van der Waals surface area contributed by atoms with Crippen LogP contribution in [0.3, 0.4) is 0 Å². The van der Waals surface area contributed by atoms with E-state index in [1.54, 1.807) is 12.1 Å². The van der Waals surface area contributed by atoms with E-state index in [0.29, 0.717) is 11.7 Å². The number of phenols is 1. The summed E-state index contributed by atoms with van der Waals surface area (Å²) in [5.41, 5.74) is 14.8. The molecule has 0 radical (unpaired) electrons. The van der Waals surface area contributed by atoms with Crippen LogP contribution in [0, 0.1) is 0 Å². The summed E-state index contributed by atoms with van der Waals surface area (Å²) in [7, 11) is 4.50. The fourth-order valence-electron chi connectivity index (χ4n) is 0.859. The van der Waals surface area contributed by atoms with Crippen molar-refractivity contribution in [3.8, 4) is 5.75 Å². The van der Waals surface area contributed by atoms with Crippen molar-refractivity contribution in [2.75, 3.05) is 21.1 Å². The normalized spacial score (nSPS) is 7.56. The second-order valence-electron chi connectivity index (χ2n) is 2.75. The van der Waals surface area contributed by atoms with E-state index in [1.165, 1.54) is 26.7 Å². The summed E-state index contributed by atoms with van der Waals surface area (Å²) < 4.78 is 0. The maximum atomic E-state index is 8.94. The summed E-state index contributed by atoms with van der Waals surface area (Å²) in [4.78, 5) is 0. The lowest BCUT2D eigenvalue weighted by Gasteiger charge is -2.03. The van der Waals surface area contributed by atoms with Gasteiger partial charge in [0.15, 0.2) is 0 Å². The predicted molar refractivity (Wildman–Crippen MR) is 72.5 cm³/mol. The van der Waals surface area contributed by atoms with Crippen LogP contribution in [0.4, 0.5) is 0 Å². The van der Waals surface area contributed by atoms with Crippen molar-refractivity contribution in [2.45, 2.75) is 19.8 Å². The highest BCUT2D eigenvalue weighted by atomic mass is 16.3. The van der Waals surface area contributed by atoms with Gasteiger partial charge in [0.25, 0.3) is 0 Å². The quantitative estimate of drug-likeness (QED) is 0.582. The monoisotopic (exact) mass is 229 g/mol. The molecule has 0 saturated carbocycles. The molecular weight excluding hydrogens is 202 g/mol. The fraction of sp³-hybridized carbons (Fsp3) is 0.500. The first-order valence-electron chi connectivity index (χ1n) is 5.22. The molecule has 0 saturated heterocycles. The molecular formula is C12H27N3O. The van der Waals surface area contributed by atoms with Gasteiger partial charge in [0.2, 0.25) is 0 Å². The van der Waals surface area contributed by atoms with Crippen molar-refractivity contribution in [3.05, 3.63) is 29.8 Å². The van der Waals surface area contributed by atoms with Gasteiger partial charge < -0.3 is 22.3 Å². The van der Waals surface area contributed by atoms with Gasteiger partial charge in [-0.05, 0) is 44.8 Å². The van der Waals surface area contributed by atoms with E-state index in [2.05, 4.69) is 31.0 Å². The van der Waals surface area contributed by atoms with Crippen molar-refractivity contribution >= 4 is 0 Å². The Hall–Kier alpha value is -1.10. The van der Waals surface area contributed by atoms with Gasteiger partial charge in [-0.1, -0.05) is 26.0 Å². The SMILES string of the molecule is CC(C)c1ccc(O)cc1.CN.CN.CN. The first-order chi connectivity index (χ1) is 7.70. The van der Waals surface area contributed by atoms with Crippen molar-refractivity contribution in [1.29, 1.82) is 0 Å². The summed E-state index contributed by atoms with van der Waals surface area (Å²) in [6, 6.07) is 7.32. The number of benzene rings is 1. The zero-order chi connectivity index (χ0) is 13.6. The van der Waals surface area contributed by atoms with E-state index in [1.807, 2.05) is 12.1 Å². The van der Waals surface area contributed by atoms with E-state index < -0.39 is 0 Å². The van der Waals surface area contributed by atoms with E-state index >= 15 is 0 Å². The van der Waals surface area contributed by atoms with Gasteiger partial charge in [-0.3, -0.25) is 0 Å². The van der Waals surface area contributed by atoms with Gasteiger partial charge in [-0.2, -0.15) is 0 Å². The van der Waals surface area contributed by atoms with Crippen LogP contribution in [0.25, 0.3) is 0 Å². The van der Waals surface area contributed by atoms with E-state index in [0.717, 1.165) is 0 Å². The molecule has 0 aliphatic rings. The molecule has 0 atom stereocenters. The van der Waals surface area contributed by atoms with Crippen LogP contribution in [0.5, 0.6) is 5.75 Å². The Kier molecular flexibility index (Phi) is 20.8. The molecule has 0 fully saturated rings. The predicted octanol–water partition coefficient (Wildman–Crippen LogP) is 1.24. The second kappa shape index (κ2) is 16.3. The van der Waals surface area contributed by atoms with Crippen LogP contribution in [-0.2, 0) is 0 Å². The Morgan fingerprint density at radius 1 is 0.812 bits per heavy atom. The molecule has 4 nitrogen and oxygen atoms in total. The van der Waals surface area contributed by atoms with Gasteiger partial charge in [0.05, 0.1) is 0 Å². The van der Waals surface area contributed by atoms with Crippen molar-refractivity contribution in [3.63, 3.8) is 0 Å². The van der Waals surface area contributed by atoms with Crippen LogP contribution in [-0.4, -0.2) is 26.2 Å². The highest BCUT2D eigenvalue weighted by Crippen LogP contribution is 2.16. The van der Waals surface area contributed by atoms with Gasteiger partial charge in [-0.25, -0.2) is 0 Å². The summed E-state index contributed by atoms with van der Waals surface area (Å²) in [5.74, 6) is 0.880. The third-order valence-corrected chi connectivity index (χ3v) is 1.56. The number of aromatic hydroxyl groups is 1. The molecule has 1 aromatic carbocycles. The molecule has 0 heterocycles. The second-order valence-corrected chi connectivity index (χ2v) is 2.75. The topological polar surface area (TPSA) is 98.3 Å². The first kappa shape index (κ1) is 20.3. The van der Waals surface area contributed by atoms with Crippen LogP contribution in [0.1, 0.15) is 25.3 Å². The lowest BCUT2D eigenvalue weighted by molar-refractivity contribution is 0.475. The lowest BCUT2D eigenvalue weighted by Crippen LogP contribution is -1.84. The van der Waals surface area contributed by atoms with Crippen molar-refractivity contribution in [1.82, 2.24) is 0 Å². The maximum absolute atomic E-state index is 8.94. The van der Waals surface area contributed by atoms with Gasteiger partial charge in [0, 0.05) is 0 Å². The Morgan fingerprint density at radius 2 is 1.12 bits per heavy atom. The lowest BCUT2D eigenvalue weighted by atomic mass is 10.0. The minimum Gasteiger partial charge on any atom is -0.508 e. The van der Waals surface area contributed by atoms with E-state index in [9.17, 15) is 0 Å². The molecule has 0 bridgehead atoms. The third-order valence-electron chi connectivity index (χ3n) is 1.56. The fourth-order valence-corrected chi connectivity index (χ4v) is 0.859. The molecule has 0 spiro atoms. The van der Waals surface area contributed by atoms with Gasteiger partial charge >= 0.3 is 0 Å². The molecule has 0 aromatic heterocycles. The highest BCUT2D eigenvalue weighted by Gasteiger charge is 1.96. The van der Waals surface area contributed by atoms with Crippen LogP contribution < -0.4 is 17.2 Å². The van der Waals surface area contributed by atoms with E-state index in [-0.39, 0.29) is 0 Å². The average Bonchev–Trinajstić information content (AvgIpc) is 2.37. The summed E-state index contributed by atoms with van der Waals surface area (Å²) in [6.45, 7) is 4.26. The van der Waals surface area contributed by atoms with Gasteiger partial charge in [0.1, 0.15) is 5.75 Å². The summed E-state index contributed by atoms with van der Waals surface area (Å²) in [6.07, 6.45) is 0. The van der Waals surface area contributed by atoms with Crippen LogP contribution in [0.15, 0.2) is 24.3 Å². The first-order valence-corrected chi connectivity index (χ1v) is 5.22. The molecule has 96 valence electrons. The molecule has 7 N–H and O–H groups in total. The highest BCUT2D eigenvalue weighted by molar-refractivity contribution is 5.27. The Labute approximate surface area is 99.5 Å². The number of hydrogen-bond donors (Lipinski definition) is 4. The standard InChI is InChI=1S/C9H12O.3CH5N/c1-7(2)8-3-5-9(10)6-4-8;3*1-2/h3-7,10H,1-2H3;3*2H2,1H3. The molecule has 1 rings (SSSR count). The molecule has 0 amide bonds. The minimum absolute atomic E-state index is 0.337. The molecule has 1 aromatic rings. The molecule has 0 aliphatic carbocycles. The zero-order valence-electron chi connectivity index (χ0n) is 11.1. The molecule has 16 heavy (non-hydrogen) atoms. The Bertz CT molecular complexity index is 210. The third kappa shape index (κ3) is 11.0. The van der Waals surface area contributed by atoms with Crippen molar-refractivity contribution in [2.24, 2.45) is 17.2 Å². The Balaban J connectivity index is -0.000000245. The largest absolute Gasteiger partial charge is 0.508 e. The number of hydrogen-bond acceptors (Lipinski definition) is 4. The molecule has 4 heteroatoms. The smallest absolute Gasteiger partial charge is 0.115 e. The minimum atomic E-state index is 0.337. The number of rotatable bonds is 1. The van der Waals surface area contributed by atoms with Crippen LogP contribution in [0.2, 0.25) is 0 Å². The average molecular weight is 229 g/mol. The van der Waals surface area contributed by atoms with Crippen molar-refractivity contribution < 1.29 is 5.11 Å².